The molecule has 1 N–H and O–H groups in total. The molecule has 1 aromatic carbocycles. The molecule has 0 aliphatic carbocycles. The molecular formula is C18H23F2N5O2. The number of nitrogens with zero attached hydrogens (tertiary/aromatic N) is 4. The van der Waals surface area contributed by atoms with Gasteiger partial charge in [0.15, 0.2) is 0 Å². The summed E-state index contributed by atoms with van der Waals surface area (Å²) in [5.41, 5.74) is 0.904. The Balaban J connectivity index is 1.27. The maximum absolute atomic E-state index is 12.3. The van der Waals surface area contributed by atoms with Gasteiger partial charge in [-0.2, -0.15) is 8.78 Å². The Morgan fingerprint density at radius 1 is 1.07 bits per heavy atom. The molecule has 0 aromatic heterocycles. The summed E-state index contributed by atoms with van der Waals surface area (Å²) >= 11 is 0. The molecule has 3 aliphatic rings. The van der Waals surface area contributed by atoms with Crippen LogP contribution in [0.25, 0.3) is 0 Å². The van der Waals surface area contributed by atoms with Gasteiger partial charge in [0, 0.05) is 57.4 Å². The van der Waals surface area contributed by atoms with Gasteiger partial charge in [0.25, 0.3) is 0 Å². The first-order chi connectivity index (χ1) is 13.1. The van der Waals surface area contributed by atoms with Crippen molar-refractivity contribution in [2.75, 3.05) is 50.8 Å². The lowest BCUT2D eigenvalue weighted by Gasteiger charge is -2.41. The van der Waals surface area contributed by atoms with Crippen molar-refractivity contribution in [3.8, 4) is 5.75 Å². The van der Waals surface area contributed by atoms with E-state index in [0.29, 0.717) is 6.67 Å². The van der Waals surface area contributed by atoms with E-state index in [2.05, 4.69) is 20.1 Å². The van der Waals surface area contributed by atoms with Crippen LogP contribution in [0.2, 0.25) is 0 Å². The Bertz CT molecular complexity index is 687. The number of hydrogen-bond donors (Lipinski definition) is 1. The molecule has 2 saturated heterocycles. The quantitative estimate of drug-likeness (QED) is 0.828. The number of ether oxygens (including phenoxy) is 1. The number of rotatable bonds is 5. The van der Waals surface area contributed by atoms with Crippen LogP contribution in [-0.2, 0) is 4.79 Å². The molecule has 3 aliphatic heterocycles. The molecular weight excluding hydrogens is 356 g/mol. The largest absolute Gasteiger partial charge is 0.435 e. The molecule has 27 heavy (non-hydrogen) atoms. The first-order valence-corrected chi connectivity index (χ1v) is 9.11. The van der Waals surface area contributed by atoms with E-state index in [0.717, 1.165) is 45.0 Å². The van der Waals surface area contributed by atoms with Gasteiger partial charge in [-0.25, -0.2) is 5.01 Å². The third kappa shape index (κ3) is 3.98. The predicted molar refractivity (Wildman–Crippen MR) is 95.9 cm³/mol. The van der Waals surface area contributed by atoms with Crippen LogP contribution in [0.15, 0.2) is 36.7 Å². The third-order valence-electron chi connectivity index (χ3n) is 5.17. The van der Waals surface area contributed by atoms with E-state index in [1.54, 1.807) is 12.1 Å². The summed E-state index contributed by atoms with van der Waals surface area (Å²) in [4.78, 5) is 16.3. The summed E-state index contributed by atoms with van der Waals surface area (Å²) < 4.78 is 28.9. The third-order valence-corrected chi connectivity index (χ3v) is 5.17. The van der Waals surface area contributed by atoms with Gasteiger partial charge in [-0.1, -0.05) is 0 Å². The molecule has 4 rings (SSSR count). The highest BCUT2D eigenvalue weighted by Gasteiger charge is 2.32. The number of nitrogens with one attached hydrogen (secondary N) is 1. The van der Waals surface area contributed by atoms with Gasteiger partial charge >= 0.3 is 6.61 Å². The van der Waals surface area contributed by atoms with Crippen molar-refractivity contribution in [1.29, 1.82) is 0 Å². The Kier molecular flexibility index (Phi) is 5.13. The predicted octanol–water partition coefficient (Wildman–Crippen LogP) is 1.12. The lowest BCUT2D eigenvalue weighted by molar-refractivity contribution is -0.141. The number of carbonyl (C=O) groups excluding carboxylic acids is 1. The second-order valence-corrected chi connectivity index (χ2v) is 6.86. The van der Waals surface area contributed by atoms with E-state index < -0.39 is 6.61 Å². The monoisotopic (exact) mass is 379 g/mol. The minimum atomic E-state index is -2.82. The van der Waals surface area contributed by atoms with Crippen molar-refractivity contribution in [2.45, 2.75) is 6.61 Å². The maximum atomic E-state index is 12.3. The Labute approximate surface area is 156 Å². The van der Waals surface area contributed by atoms with Crippen molar-refractivity contribution < 1.29 is 18.3 Å². The minimum Gasteiger partial charge on any atom is -0.435 e. The lowest BCUT2D eigenvalue weighted by Crippen LogP contribution is -2.58. The number of amides is 1. The van der Waals surface area contributed by atoms with Crippen LogP contribution in [-0.4, -0.2) is 73.4 Å². The van der Waals surface area contributed by atoms with E-state index in [4.69, 9.17) is 0 Å². The van der Waals surface area contributed by atoms with E-state index in [1.165, 1.54) is 12.1 Å². The van der Waals surface area contributed by atoms with Crippen molar-refractivity contribution in [3.63, 3.8) is 0 Å². The van der Waals surface area contributed by atoms with Crippen LogP contribution in [0, 0.1) is 5.92 Å². The van der Waals surface area contributed by atoms with Crippen LogP contribution in [0.3, 0.4) is 0 Å². The molecule has 7 nitrogen and oxygen atoms in total. The molecule has 0 bridgehead atoms. The Morgan fingerprint density at radius 2 is 1.78 bits per heavy atom. The van der Waals surface area contributed by atoms with Crippen LogP contribution in [0.1, 0.15) is 0 Å². The van der Waals surface area contributed by atoms with Crippen LogP contribution in [0.4, 0.5) is 14.5 Å². The summed E-state index contributed by atoms with van der Waals surface area (Å²) in [5.74, 6) is 0.560. The summed E-state index contributed by atoms with van der Waals surface area (Å²) in [6.45, 7) is 2.49. The lowest BCUT2D eigenvalue weighted by atomic mass is 10.0. The van der Waals surface area contributed by atoms with Crippen LogP contribution in [0.5, 0.6) is 5.75 Å². The number of hydrogen-bond acceptors (Lipinski definition) is 6. The Morgan fingerprint density at radius 3 is 2.37 bits per heavy atom. The number of hydrazine groups is 1. The van der Waals surface area contributed by atoms with E-state index >= 15 is 0 Å². The fraction of sp³-hybridized carbons (Fsp3) is 0.500. The molecule has 0 spiro atoms. The van der Waals surface area contributed by atoms with Gasteiger partial charge in [0.05, 0.1) is 5.92 Å². The zero-order valence-corrected chi connectivity index (χ0v) is 14.9. The molecule has 0 unspecified atom stereocenters. The molecule has 0 atom stereocenters. The second kappa shape index (κ2) is 7.69. The van der Waals surface area contributed by atoms with E-state index in [1.807, 2.05) is 22.2 Å². The molecule has 2 fully saturated rings. The van der Waals surface area contributed by atoms with Crippen molar-refractivity contribution in [2.24, 2.45) is 5.92 Å². The van der Waals surface area contributed by atoms with Gasteiger partial charge in [-0.15, -0.1) is 0 Å². The van der Waals surface area contributed by atoms with Gasteiger partial charge in [-0.3, -0.25) is 9.80 Å². The SMILES string of the molecule is O=C(C1CNC1)N1CCN(N2C=CN(c3ccc(OC(F)F)cc3)C2)CC1. The number of halogens is 2. The normalized spacial score (nSPS) is 21.1. The maximum Gasteiger partial charge on any atom is 0.387 e. The molecule has 9 heteroatoms. The molecule has 0 radical (unpaired) electrons. The molecule has 0 saturated carbocycles. The van der Waals surface area contributed by atoms with Crippen molar-refractivity contribution in [3.05, 3.63) is 36.7 Å². The highest BCUT2D eigenvalue weighted by atomic mass is 19.3. The number of carbonyl (C=O) groups is 1. The fourth-order valence-corrected chi connectivity index (χ4v) is 3.47. The minimum absolute atomic E-state index is 0.149. The van der Waals surface area contributed by atoms with E-state index in [9.17, 15) is 13.6 Å². The number of piperazine rings is 1. The first kappa shape index (κ1) is 18.0. The average Bonchev–Trinajstić information content (AvgIpc) is 3.10. The van der Waals surface area contributed by atoms with Crippen LogP contribution >= 0.6 is 0 Å². The highest BCUT2D eigenvalue weighted by Crippen LogP contribution is 2.24. The summed E-state index contributed by atoms with van der Waals surface area (Å²) in [6.07, 6.45) is 3.96. The summed E-state index contributed by atoms with van der Waals surface area (Å²) in [6, 6.07) is 6.60. The molecule has 1 aromatic rings. The Hall–Kier alpha value is -2.39. The summed E-state index contributed by atoms with van der Waals surface area (Å²) in [7, 11) is 0. The molecule has 3 heterocycles. The zero-order valence-electron chi connectivity index (χ0n) is 14.9. The standard InChI is InChI=1S/C18H23F2N5O2/c19-18(20)27-16-3-1-15(2-4-16)23-7-10-25(13-23)24-8-5-22(6-9-24)17(26)14-11-21-12-14/h1-4,7,10,14,18,21H,5-6,8-9,11-13H2. The van der Waals surface area contributed by atoms with Crippen molar-refractivity contribution >= 4 is 11.6 Å². The van der Waals surface area contributed by atoms with Gasteiger partial charge in [0.2, 0.25) is 5.91 Å². The molecule has 146 valence electrons. The fourth-order valence-electron chi connectivity index (χ4n) is 3.47. The zero-order chi connectivity index (χ0) is 18.8. The average molecular weight is 379 g/mol. The topological polar surface area (TPSA) is 51.3 Å². The summed E-state index contributed by atoms with van der Waals surface area (Å²) in [5, 5.41) is 7.49. The number of anilines is 1. The van der Waals surface area contributed by atoms with Gasteiger partial charge in [-0.05, 0) is 24.3 Å². The van der Waals surface area contributed by atoms with Gasteiger partial charge < -0.3 is 19.9 Å². The van der Waals surface area contributed by atoms with Crippen molar-refractivity contribution in [1.82, 2.24) is 20.2 Å². The first-order valence-electron chi connectivity index (χ1n) is 9.11. The second-order valence-electron chi connectivity index (χ2n) is 6.86. The number of benzene rings is 1. The number of alkyl halides is 2. The molecule has 1 amide bonds. The smallest absolute Gasteiger partial charge is 0.387 e. The highest BCUT2D eigenvalue weighted by molar-refractivity contribution is 5.80. The van der Waals surface area contributed by atoms with Gasteiger partial charge in [0.1, 0.15) is 12.4 Å². The van der Waals surface area contributed by atoms with E-state index in [-0.39, 0.29) is 17.6 Å². The van der Waals surface area contributed by atoms with Crippen LogP contribution < -0.4 is 15.0 Å².